The summed E-state index contributed by atoms with van der Waals surface area (Å²) in [5.74, 6) is -0.314. The zero-order chi connectivity index (χ0) is 27.8. The number of amides is 2. The summed E-state index contributed by atoms with van der Waals surface area (Å²) in [4.78, 5) is 30.0. The molecule has 0 bridgehead atoms. The summed E-state index contributed by atoms with van der Waals surface area (Å²) in [6, 6.07) is 11.1. The van der Waals surface area contributed by atoms with Crippen LogP contribution in [-0.4, -0.2) is 60.4 Å². The number of alkyl halides is 3. The van der Waals surface area contributed by atoms with E-state index in [2.05, 4.69) is 25.7 Å². The first kappa shape index (κ1) is 28.0. The van der Waals surface area contributed by atoms with E-state index in [-0.39, 0.29) is 34.8 Å². The van der Waals surface area contributed by atoms with Crippen molar-refractivity contribution < 1.29 is 27.5 Å². The molecule has 0 spiro atoms. The molecule has 2 fully saturated rings. The number of rotatable bonds is 5. The van der Waals surface area contributed by atoms with Crippen LogP contribution in [0.5, 0.6) is 5.75 Å². The predicted molar refractivity (Wildman–Crippen MR) is 139 cm³/mol. The summed E-state index contributed by atoms with van der Waals surface area (Å²) in [6.45, 7) is 8.83. The van der Waals surface area contributed by atoms with Gasteiger partial charge in [-0.25, -0.2) is 0 Å². The number of carbonyl (C=O) groups excluding carboxylic acids is 2. The van der Waals surface area contributed by atoms with E-state index >= 15 is 0 Å². The maximum absolute atomic E-state index is 13.8. The Morgan fingerprint density at radius 1 is 0.974 bits per heavy atom. The van der Waals surface area contributed by atoms with Crippen molar-refractivity contribution in [2.75, 3.05) is 33.3 Å². The van der Waals surface area contributed by atoms with Gasteiger partial charge in [0.25, 0.3) is 0 Å². The van der Waals surface area contributed by atoms with Crippen LogP contribution in [-0.2, 0) is 11.0 Å². The highest BCUT2D eigenvalue weighted by Crippen LogP contribution is 2.40. The topological polar surface area (TPSA) is 75.9 Å². The minimum absolute atomic E-state index is 0.0433. The molecule has 0 aliphatic carbocycles. The standard InChI is InChI=1S/C29H36F3N3O3/c1-28(2,3)35-16-24(18-5-8-21(38-4)9-6-18)25(17-35)27(37)34-13-11-19(12-14-34)22-10-7-20(29(30,31)32)15-23(22)26(33)36/h5-10,15,19,24-25H,11-14,16-17H2,1-4H3,(H2,33,36)/t24-,25+/m0/s1. The smallest absolute Gasteiger partial charge is 0.416 e. The molecule has 2 aromatic carbocycles. The number of likely N-dealkylation sites (tertiary alicyclic amines) is 2. The van der Waals surface area contributed by atoms with Gasteiger partial charge >= 0.3 is 6.18 Å². The zero-order valence-electron chi connectivity index (χ0n) is 22.3. The van der Waals surface area contributed by atoms with Crippen molar-refractivity contribution in [2.45, 2.75) is 57.2 Å². The minimum atomic E-state index is -4.55. The van der Waals surface area contributed by atoms with E-state index in [0.29, 0.717) is 38.0 Å². The van der Waals surface area contributed by atoms with Gasteiger partial charge in [0.1, 0.15) is 5.75 Å². The lowest BCUT2D eigenvalue weighted by atomic mass is 9.84. The molecule has 4 rings (SSSR count). The fraction of sp³-hybridized carbons (Fsp3) is 0.517. The average Bonchev–Trinajstić information content (AvgIpc) is 3.34. The van der Waals surface area contributed by atoms with Crippen LogP contribution in [0.1, 0.15) is 72.5 Å². The van der Waals surface area contributed by atoms with Gasteiger partial charge in [0.15, 0.2) is 0 Å². The fourth-order valence-corrected chi connectivity index (χ4v) is 5.74. The maximum Gasteiger partial charge on any atom is 0.416 e. The third-order valence-corrected chi connectivity index (χ3v) is 8.02. The van der Waals surface area contributed by atoms with Crippen molar-refractivity contribution in [3.63, 3.8) is 0 Å². The van der Waals surface area contributed by atoms with Crippen molar-refractivity contribution in [2.24, 2.45) is 11.7 Å². The Labute approximate surface area is 221 Å². The lowest BCUT2D eigenvalue weighted by Crippen LogP contribution is -2.44. The number of hydrogen-bond acceptors (Lipinski definition) is 4. The molecule has 2 aliphatic rings. The number of primary amides is 1. The van der Waals surface area contributed by atoms with Gasteiger partial charge in [-0.3, -0.25) is 14.5 Å². The number of ether oxygens (including phenoxy) is 1. The van der Waals surface area contributed by atoms with E-state index < -0.39 is 17.6 Å². The van der Waals surface area contributed by atoms with Gasteiger partial charge in [-0.05, 0) is 74.9 Å². The molecule has 0 radical (unpaired) electrons. The van der Waals surface area contributed by atoms with Crippen LogP contribution in [0.3, 0.4) is 0 Å². The van der Waals surface area contributed by atoms with E-state index in [1.165, 1.54) is 6.07 Å². The monoisotopic (exact) mass is 531 g/mol. The Morgan fingerprint density at radius 2 is 1.61 bits per heavy atom. The Balaban J connectivity index is 1.50. The molecule has 2 amide bonds. The van der Waals surface area contributed by atoms with Gasteiger partial charge in [-0.2, -0.15) is 13.2 Å². The molecule has 0 saturated carbocycles. The molecule has 0 unspecified atom stereocenters. The third kappa shape index (κ3) is 5.82. The van der Waals surface area contributed by atoms with E-state index in [4.69, 9.17) is 10.5 Å². The summed E-state index contributed by atoms with van der Waals surface area (Å²) >= 11 is 0. The van der Waals surface area contributed by atoms with Gasteiger partial charge in [0, 0.05) is 43.2 Å². The highest BCUT2D eigenvalue weighted by Gasteiger charge is 2.44. The number of piperidine rings is 1. The predicted octanol–water partition coefficient (Wildman–Crippen LogP) is 5.03. The molecular formula is C29H36F3N3O3. The molecule has 0 aromatic heterocycles. The van der Waals surface area contributed by atoms with Crippen molar-refractivity contribution in [3.05, 3.63) is 64.7 Å². The van der Waals surface area contributed by atoms with Crippen LogP contribution in [0.25, 0.3) is 0 Å². The highest BCUT2D eigenvalue weighted by atomic mass is 19.4. The molecule has 2 aromatic rings. The molecule has 206 valence electrons. The average molecular weight is 532 g/mol. The van der Waals surface area contributed by atoms with Crippen molar-refractivity contribution >= 4 is 11.8 Å². The first-order valence-corrected chi connectivity index (χ1v) is 13.0. The first-order valence-electron chi connectivity index (χ1n) is 13.0. The van der Waals surface area contributed by atoms with Gasteiger partial charge in [-0.15, -0.1) is 0 Å². The number of carbonyl (C=O) groups is 2. The zero-order valence-corrected chi connectivity index (χ0v) is 22.3. The maximum atomic E-state index is 13.8. The molecule has 2 N–H and O–H groups in total. The molecule has 9 heteroatoms. The van der Waals surface area contributed by atoms with Crippen LogP contribution < -0.4 is 10.5 Å². The number of nitrogens with two attached hydrogens (primary N) is 1. The minimum Gasteiger partial charge on any atom is -0.497 e. The Hall–Kier alpha value is -3.07. The Morgan fingerprint density at radius 3 is 2.13 bits per heavy atom. The third-order valence-electron chi connectivity index (χ3n) is 8.02. The van der Waals surface area contributed by atoms with E-state index in [1.807, 2.05) is 29.2 Å². The highest BCUT2D eigenvalue weighted by molar-refractivity contribution is 5.94. The van der Waals surface area contributed by atoms with Crippen LogP contribution in [0, 0.1) is 5.92 Å². The molecule has 2 heterocycles. The molecule has 6 nitrogen and oxygen atoms in total. The fourth-order valence-electron chi connectivity index (χ4n) is 5.74. The number of benzene rings is 2. The van der Waals surface area contributed by atoms with Gasteiger partial charge in [-0.1, -0.05) is 18.2 Å². The second-order valence-corrected chi connectivity index (χ2v) is 11.3. The van der Waals surface area contributed by atoms with Gasteiger partial charge < -0.3 is 15.4 Å². The van der Waals surface area contributed by atoms with Crippen molar-refractivity contribution in [1.82, 2.24) is 9.80 Å². The number of hydrogen-bond donors (Lipinski definition) is 1. The summed E-state index contributed by atoms with van der Waals surface area (Å²) in [5.41, 5.74) is 5.99. The summed E-state index contributed by atoms with van der Waals surface area (Å²) in [5, 5.41) is 0. The molecular weight excluding hydrogens is 495 g/mol. The SMILES string of the molecule is COc1ccc([C@@H]2CN(C(C)(C)C)C[C@H]2C(=O)N2CCC(c3ccc(C(F)(F)F)cc3C(N)=O)CC2)cc1. The lowest BCUT2D eigenvalue weighted by Gasteiger charge is -2.35. The van der Waals surface area contributed by atoms with E-state index in [0.717, 1.165) is 30.0 Å². The molecule has 2 atom stereocenters. The van der Waals surface area contributed by atoms with Crippen LogP contribution >= 0.6 is 0 Å². The molecule has 2 saturated heterocycles. The van der Waals surface area contributed by atoms with Crippen LogP contribution in [0.4, 0.5) is 13.2 Å². The second kappa shape index (κ2) is 10.6. The quantitative estimate of drug-likeness (QED) is 0.587. The number of halogens is 3. The largest absolute Gasteiger partial charge is 0.497 e. The summed E-state index contributed by atoms with van der Waals surface area (Å²) in [6.07, 6.45) is -3.44. The van der Waals surface area contributed by atoms with E-state index in [1.54, 1.807) is 7.11 Å². The summed E-state index contributed by atoms with van der Waals surface area (Å²) < 4.78 is 44.8. The number of methoxy groups -OCH3 is 1. The van der Waals surface area contributed by atoms with Crippen molar-refractivity contribution in [3.8, 4) is 5.75 Å². The number of nitrogens with zero attached hydrogens (tertiary/aromatic N) is 2. The molecule has 38 heavy (non-hydrogen) atoms. The Kier molecular flexibility index (Phi) is 7.79. The lowest BCUT2D eigenvalue weighted by molar-refractivity contribution is -0.138. The normalized spacial score (nSPS) is 21.5. The Bertz CT molecular complexity index is 1170. The first-order chi connectivity index (χ1) is 17.8. The van der Waals surface area contributed by atoms with Gasteiger partial charge in [0.05, 0.1) is 18.6 Å². The van der Waals surface area contributed by atoms with Crippen LogP contribution in [0.15, 0.2) is 42.5 Å². The van der Waals surface area contributed by atoms with Gasteiger partial charge in [0.2, 0.25) is 11.8 Å². The molecule has 2 aliphatic heterocycles. The van der Waals surface area contributed by atoms with Crippen molar-refractivity contribution in [1.29, 1.82) is 0 Å². The van der Waals surface area contributed by atoms with E-state index in [9.17, 15) is 22.8 Å². The van der Waals surface area contributed by atoms with Crippen LogP contribution in [0.2, 0.25) is 0 Å². The summed E-state index contributed by atoms with van der Waals surface area (Å²) in [7, 11) is 1.62. The second-order valence-electron chi connectivity index (χ2n) is 11.3.